The number of nitrogens with one attached hydrogen (secondary N) is 1. The Hall–Kier alpha value is -1.72. The SMILES string of the molecule is CC(C)c1ccc(S(=O)(=O)N2CCNc3ccccc32)cc1.Cl. The van der Waals surface area contributed by atoms with E-state index in [1.807, 2.05) is 36.4 Å². The summed E-state index contributed by atoms with van der Waals surface area (Å²) in [6.45, 7) is 5.23. The second-order valence-corrected chi connectivity index (χ2v) is 7.61. The first-order chi connectivity index (χ1) is 10.5. The molecular formula is C17H21ClN2O2S. The lowest BCUT2D eigenvalue weighted by Gasteiger charge is -2.31. The molecule has 0 spiro atoms. The Bertz CT molecular complexity index is 773. The summed E-state index contributed by atoms with van der Waals surface area (Å²) in [7, 11) is -3.52. The van der Waals surface area contributed by atoms with Gasteiger partial charge >= 0.3 is 0 Å². The van der Waals surface area contributed by atoms with Crippen molar-refractivity contribution in [3.05, 3.63) is 54.1 Å². The maximum atomic E-state index is 12.9. The third-order valence-electron chi connectivity index (χ3n) is 3.94. The molecule has 2 aromatic carbocycles. The van der Waals surface area contributed by atoms with Crippen LogP contribution in [-0.2, 0) is 10.0 Å². The van der Waals surface area contributed by atoms with Gasteiger partial charge in [0.15, 0.2) is 0 Å². The fourth-order valence-corrected chi connectivity index (χ4v) is 4.14. The van der Waals surface area contributed by atoms with Crippen LogP contribution in [0, 0.1) is 0 Å². The highest BCUT2D eigenvalue weighted by Gasteiger charge is 2.28. The van der Waals surface area contributed by atoms with Crippen molar-refractivity contribution in [3.8, 4) is 0 Å². The maximum Gasteiger partial charge on any atom is 0.264 e. The molecule has 0 saturated heterocycles. The molecule has 1 aliphatic heterocycles. The number of hydrogen-bond acceptors (Lipinski definition) is 3. The minimum absolute atomic E-state index is 0. The first kappa shape index (κ1) is 17.6. The number of para-hydroxylation sites is 2. The van der Waals surface area contributed by atoms with Crippen molar-refractivity contribution in [2.45, 2.75) is 24.7 Å². The van der Waals surface area contributed by atoms with E-state index < -0.39 is 10.0 Å². The zero-order chi connectivity index (χ0) is 15.7. The van der Waals surface area contributed by atoms with Crippen LogP contribution in [-0.4, -0.2) is 21.5 Å². The highest BCUT2D eigenvalue weighted by Crippen LogP contribution is 2.33. The van der Waals surface area contributed by atoms with Gasteiger partial charge in [-0.05, 0) is 35.7 Å². The Morgan fingerprint density at radius 2 is 1.70 bits per heavy atom. The summed E-state index contributed by atoms with van der Waals surface area (Å²) >= 11 is 0. The van der Waals surface area contributed by atoms with E-state index in [0.29, 0.717) is 29.6 Å². The number of anilines is 2. The van der Waals surface area contributed by atoms with Crippen molar-refractivity contribution < 1.29 is 8.42 Å². The first-order valence-electron chi connectivity index (χ1n) is 7.46. The van der Waals surface area contributed by atoms with E-state index in [1.54, 1.807) is 12.1 Å². The Balaban J connectivity index is 0.00000192. The smallest absolute Gasteiger partial charge is 0.264 e. The molecule has 0 radical (unpaired) electrons. The molecule has 2 aromatic rings. The van der Waals surface area contributed by atoms with Crippen molar-refractivity contribution in [2.24, 2.45) is 0 Å². The van der Waals surface area contributed by atoms with Crippen molar-refractivity contribution in [2.75, 3.05) is 22.7 Å². The molecule has 0 bridgehead atoms. The van der Waals surface area contributed by atoms with Gasteiger partial charge in [-0.2, -0.15) is 0 Å². The Kier molecular flexibility index (Phi) is 5.22. The van der Waals surface area contributed by atoms with Crippen LogP contribution in [0.1, 0.15) is 25.3 Å². The summed E-state index contributed by atoms with van der Waals surface area (Å²) < 4.78 is 27.3. The van der Waals surface area contributed by atoms with Crippen molar-refractivity contribution in [1.82, 2.24) is 0 Å². The Morgan fingerprint density at radius 3 is 2.35 bits per heavy atom. The summed E-state index contributed by atoms with van der Waals surface area (Å²) in [5.41, 5.74) is 2.71. The van der Waals surface area contributed by atoms with E-state index in [2.05, 4.69) is 19.2 Å². The quantitative estimate of drug-likeness (QED) is 0.912. The molecule has 23 heavy (non-hydrogen) atoms. The van der Waals surface area contributed by atoms with Gasteiger partial charge in [0.1, 0.15) is 0 Å². The third kappa shape index (κ3) is 3.31. The number of rotatable bonds is 3. The maximum absolute atomic E-state index is 12.9. The molecule has 1 N–H and O–H groups in total. The highest BCUT2D eigenvalue weighted by molar-refractivity contribution is 7.92. The molecule has 124 valence electrons. The van der Waals surface area contributed by atoms with Crippen LogP contribution in [0.5, 0.6) is 0 Å². The average Bonchev–Trinajstić information content (AvgIpc) is 2.54. The number of hydrogen-bond donors (Lipinski definition) is 1. The molecule has 3 rings (SSSR count). The second-order valence-electron chi connectivity index (χ2n) is 5.74. The molecule has 0 saturated carbocycles. The van der Waals surface area contributed by atoms with Crippen molar-refractivity contribution in [1.29, 1.82) is 0 Å². The summed E-state index contributed by atoms with van der Waals surface area (Å²) in [4.78, 5) is 0.341. The predicted octanol–water partition coefficient (Wildman–Crippen LogP) is 3.85. The van der Waals surface area contributed by atoms with Gasteiger partial charge in [0.05, 0.1) is 22.8 Å². The molecule has 1 heterocycles. The topological polar surface area (TPSA) is 49.4 Å². The van der Waals surface area contributed by atoms with E-state index in [4.69, 9.17) is 0 Å². The van der Waals surface area contributed by atoms with Crippen LogP contribution in [0.3, 0.4) is 0 Å². The molecule has 0 fully saturated rings. The molecule has 0 unspecified atom stereocenters. The summed E-state index contributed by atoms with van der Waals surface area (Å²) in [6, 6.07) is 14.7. The summed E-state index contributed by atoms with van der Waals surface area (Å²) in [6.07, 6.45) is 0. The van der Waals surface area contributed by atoms with E-state index in [1.165, 1.54) is 4.31 Å². The van der Waals surface area contributed by atoms with Gasteiger partial charge in [0, 0.05) is 6.54 Å². The van der Waals surface area contributed by atoms with Gasteiger partial charge in [-0.1, -0.05) is 38.1 Å². The minimum atomic E-state index is -3.52. The fraction of sp³-hybridized carbons (Fsp3) is 0.294. The van der Waals surface area contributed by atoms with Crippen LogP contribution >= 0.6 is 12.4 Å². The molecule has 4 nitrogen and oxygen atoms in total. The van der Waals surface area contributed by atoms with Gasteiger partial charge in [0.25, 0.3) is 10.0 Å². The first-order valence-corrected chi connectivity index (χ1v) is 8.90. The zero-order valence-corrected chi connectivity index (χ0v) is 14.8. The Morgan fingerprint density at radius 1 is 1.04 bits per heavy atom. The molecule has 0 amide bonds. The number of fused-ring (bicyclic) bond motifs is 1. The Labute approximate surface area is 144 Å². The van der Waals surface area contributed by atoms with E-state index in [9.17, 15) is 8.42 Å². The van der Waals surface area contributed by atoms with Crippen molar-refractivity contribution >= 4 is 33.8 Å². The molecule has 1 aliphatic rings. The van der Waals surface area contributed by atoms with Gasteiger partial charge in [-0.25, -0.2) is 8.42 Å². The summed E-state index contributed by atoms with van der Waals surface area (Å²) in [5, 5.41) is 3.23. The molecular weight excluding hydrogens is 332 g/mol. The largest absolute Gasteiger partial charge is 0.382 e. The van der Waals surface area contributed by atoms with Crippen LogP contribution in [0.2, 0.25) is 0 Å². The normalized spacial score (nSPS) is 14.0. The van der Waals surface area contributed by atoms with E-state index in [-0.39, 0.29) is 12.4 Å². The van der Waals surface area contributed by atoms with Gasteiger partial charge < -0.3 is 5.32 Å². The van der Waals surface area contributed by atoms with Crippen LogP contribution in [0.25, 0.3) is 0 Å². The molecule has 0 atom stereocenters. The highest BCUT2D eigenvalue weighted by atomic mass is 35.5. The van der Waals surface area contributed by atoms with Crippen molar-refractivity contribution in [3.63, 3.8) is 0 Å². The van der Waals surface area contributed by atoms with Gasteiger partial charge in [-0.3, -0.25) is 4.31 Å². The molecule has 6 heteroatoms. The zero-order valence-electron chi connectivity index (χ0n) is 13.2. The van der Waals surface area contributed by atoms with Crippen LogP contribution < -0.4 is 9.62 Å². The predicted molar refractivity (Wildman–Crippen MR) is 97.2 cm³/mol. The standard InChI is InChI=1S/C17H20N2O2S.ClH/c1-13(2)14-7-9-15(10-8-14)22(20,21)19-12-11-18-16-5-3-4-6-17(16)19;/h3-10,13,18H,11-12H2,1-2H3;1H. The van der Waals surface area contributed by atoms with Gasteiger partial charge in [0.2, 0.25) is 0 Å². The second kappa shape index (κ2) is 6.81. The number of halogens is 1. The van der Waals surface area contributed by atoms with E-state index in [0.717, 1.165) is 11.3 Å². The number of benzene rings is 2. The summed E-state index contributed by atoms with van der Waals surface area (Å²) in [5.74, 6) is 0.386. The molecule has 0 aromatic heterocycles. The van der Waals surface area contributed by atoms with Crippen LogP contribution in [0.4, 0.5) is 11.4 Å². The number of sulfonamides is 1. The lowest BCUT2D eigenvalue weighted by atomic mass is 10.0. The lowest BCUT2D eigenvalue weighted by Crippen LogP contribution is -2.38. The number of nitrogens with zero attached hydrogens (tertiary/aromatic N) is 1. The minimum Gasteiger partial charge on any atom is -0.382 e. The third-order valence-corrected chi connectivity index (χ3v) is 5.77. The lowest BCUT2D eigenvalue weighted by molar-refractivity contribution is 0.590. The molecule has 0 aliphatic carbocycles. The average molecular weight is 353 g/mol. The van der Waals surface area contributed by atoms with Gasteiger partial charge in [-0.15, -0.1) is 12.4 Å². The van der Waals surface area contributed by atoms with E-state index >= 15 is 0 Å². The van der Waals surface area contributed by atoms with Crippen LogP contribution in [0.15, 0.2) is 53.4 Å². The fourth-order valence-electron chi connectivity index (χ4n) is 2.65. The monoisotopic (exact) mass is 352 g/mol.